The van der Waals surface area contributed by atoms with Gasteiger partial charge in [-0.2, -0.15) is 0 Å². The van der Waals surface area contributed by atoms with Gasteiger partial charge in [-0.05, 0) is 42.8 Å². The van der Waals surface area contributed by atoms with Crippen molar-refractivity contribution in [2.24, 2.45) is 0 Å². The molecule has 1 aromatic heterocycles. The van der Waals surface area contributed by atoms with Crippen LogP contribution >= 0.6 is 11.6 Å². The summed E-state index contributed by atoms with van der Waals surface area (Å²) in [4.78, 5) is 21.8. The van der Waals surface area contributed by atoms with Crippen molar-refractivity contribution in [1.82, 2.24) is 14.5 Å². The molecule has 1 aliphatic heterocycles. The van der Waals surface area contributed by atoms with Crippen LogP contribution in [-0.4, -0.2) is 53.1 Å². The lowest BCUT2D eigenvalue weighted by atomic mass is 10.3. The Morgan fingerprint density at radius 3 is 2.52 bits per heavy atom. The van der Waals surface area contributed by atoms with Crippen molar-refractivity contribution in [1.29, 1.82) is 0 Å². The summed E-state index contributed by atoms with van der Waals surface area (Å²) in [6.45, 7) is 6.94. The summed E-state index contributed by atoms with van der Waals surface area (Å²) < 4.78 is 2.32. The van der Waals surface area contributed by atoms with Crippen LogP contribution in [0.2, 0.25) is 5.02 Å². The van der Waals surface area contributed by atoms with Crippen molar-refractivity contribution < 1.29 is 4.79 Å². The fourth-order valence-corrected chi connectivity index (χ4v) is 3.92. The average Bonchev–Trinajstić information content (AvgIpc) is 3.09. The topological polar surface area (TPSA) is 53.4 Å². The summed E-state index contributed by atoms with van der Waals surface area (Å²) in [6.07, 6.45) is 1.07. The summed E-state index contributed by atoms with van der Waals surface area (Å²) >= 11 is 5.89. The van der Waals surface area contributed by atoms with E-state index < -0.39 is 0 Å². The first kappa shape index (κ1) is 19.7. The molecule has 1 saturated heterocycles. The van der Waals surface area contributed by atoms with Gasteiger partial charge in [0.05, 0.1) is 17.6 Å². The van der Waals surface area contributed by atoms with E-state index in [0.717, 1.165) is 56.3 Å². The highest BCUT2D eigenvalue weighted by atomic mass is 35.5. The molecule has 0 radical (unpaired) electrons. The number of para-hydroxylation sites is 2. The molecule has 4 rings (SSSR count). The largest absolute Gasteiger partial charge is 0.340 e. The van der Waals surface area contributed by atoms with Crippen molar-refractivity contribution in [3.8, 4) is 0 Å². The van der Waals surface area contributed by atoms with E-state index in [-0.39, 0.29) is 5.91 Å². The fourth-order valence-electron chi connectivity index (χ4n) is 3.79. The zero-order valence-corrected chi connectivity index (χ0v) is 17.4. The Morgan fingerprint density at radius 2 is 1.79 bits per heavy atom. The summed E-state index contributed by atoms with van der Waals surface area (Å²) in [7, 11) is 0. The SMILES string of the molecule is CCCn1c(N2CCN(CC(=O)Nc3ccc(Cl)cc3)CC2)nc2ccccc21. The number of benzene rings is 2. The first-order valence-corrected chi connectivity index (χ1v) is 10.5. The van der Waals surface area contributed by atoms with Gasteiger partial charge in [0.1, 0.15) is 0 Å². The molecule has 0 spiro atoms. The molecule has 7 heteroatoms. The molecular formula is C22H26ClN5O. The molecule has 0 atom stereocenters. The van der Waals surface area contributed by atoms with Crippen LogP contribution in [0, 0.1) is 0 Å². The number of nitrogens with one attached hydrogen (secondary N) is 1. The number of halogens is 1. The maximum Gasteiger partial charge on any atom is 0.238 e. The molecule has 0 bridgehead atoms. The van der Waals surface area contributed by atoms with Gasteiger partial charge in [-0.3, -0.25) is 9.69 Å². The number of aryl methyl sites for hydroxylation is 1. The number of aromatic nitrogens is 2. The zero-order valence-electron chi connectivity index (χ0n) is 16.6. The molecule has 0 saturated carbocycles. The van der Waals surface area contributed by atoms with Gasteiger partial charge in [0, 0.05) is 43.4 Å². The van der Waals surface area contributed by atoms with Crippen LogP contribution in [0.15, 0.2) is 48.5 Å². The number of fused-ring (bicyclic) bond motifs is 1. The lowest BCUT2D eigenvalue weighted by Crippen LogP contribution is -2.49. The fraction of sp³-hybridized carbons (Fsp3) is 0.364. The monoisotopic (exact) mass is 411 g/mol. The van der Waals surface area contributed by atoms with Crippen LogP contribution in [-0.2, 0) is 11.3 Å². The highest BCUT2D eigenvalue weighted by molar-refractivity contribution is 6.30. The third-order valence-electron chi connectivity index (χ3n) is 5.23. The minimum Gasteiger partial charge on any atom is -0.340 e. The first-order chi connectivity index (χ1) is 14.1. The van der Waals surface area contributed by atoms with Gasteiger partial charge < -0.3 is 14.8 Å². The Morgan fingerprint density at radius 1 is 1.07 bits per heavy atom. The number of anilines is 2. The number of amides is 1. The third kappa shape index (κ3) is 4.54. The van der Waals surface area contributed by atoms with Crippen LogP contribution in [0.4, 0.5) is 11.6 Å². The van der Waals surface area contributed by atoms with E-state index in [1.165, 1.54) is 5.52 Å². The van der Waals surface area contributed by atoms with E-state index in [2.05, 4.69) is 44.8 Å². The van der Waals surface area contributed by atoms with E-state index in [1.807, 2.05) is 18.2 Å². The minimum atomic E-state index is -0.000931. The molecule has 2 aromatic carbocycles. The van der Waals surface area contributed by atoms with Crippen LogP contribution in [0.1, 0.15) is 13.3 Å². The normalized spacial score (nSPS) is 15.0. The Labute approximate surface area is 176 Å². The Bertz CT molecular complexity index is 977. The van der Waals surface area contributed by atoms with Gasteiger partial charge in [-0.25, -0.2) is 4.98 Å². The first-order valence-electron chi connectivity index (χ1n) is 10.1. The van der Waals surface area contributed by atoms with E-state index >= 15 is 0 Å². The zero-order chi connectivity index (χ0) is 20.2. The van der Waals surface area contributed by atoms with Crippen molar-refractivity contribution in [2.75, 3.05) is 42.9 Å². The standard InChI is InChI=1S/C22H26ClN5O/c1-2-11-28-20-6-4-3-5-19(20)25-22(28)27-14-12-26(13-15-27)16-21(29)24-18-9-7-17(23)8-10-18/h3-10H,2,11-16H2,1H3,(H,24,29). The van der Waals surface area contributed by atoms with Gasteiger partial charge in [0.25, 0.3) is 0 Å². The quantitative estimate of drug-likeness (QED) is 0.669. The summed E-state index contributed by atoms with van der Waals surface area (Å²) in [5.74, 6) is 1.04. The lowest BCUT2D eigenvalue weighted by molar-refractivity contribution is -0.117. The molecule has 1 amide bonds. The Kier molecular flexibility index (Phi) is 6.02. The summed E-state index contributed by atoms with van der Waals surface area (Å²) in [5.41, 5.74) is 3.00. The minimum absolute atomic E-state index is 0.000931. The van der Waals surface area contributed by atoms with Gasteiger partial charge in [-0.15, -0.1) is 0 Å². The van der Waals surface area contributed by atoms with E-state index in [4.69, 9.17) is 16.6 Å². The van der Waals surface area contributed by atoms with Crippen molar-refractivity contribution >= 4 is 40.2 Å². The molecule has 152 valence electrons. The van der Waals surface area contributed by atoms with Crippen molar-refractivity contribution in [3.05, 3.63) is 53.6 Å². The maximum atomic E-state index is 12.4. The van der Waals surface area contributed by atoms with E-state index in [9.17, 15) is 4.79 Å². The smallest absolute Gasteiger partial charge is 0.238 e. The molecule has 1 N–H and O–H groups in total. The Hall–Kier alpha value is -2.57. The van der Waals surface area contributed by atoms with E-state index in [0.29, 0.717) is 11.6 Å². The second kappa shape index (κ2) is 8.84. The molecule has 2 heterocycles. The molecule has 1 aliphatic rings. The maximum absolute atomic E-state index is 12.4. The second-order valence-electron chi connectivity index (χ2n) is 7.37. The van der Waals surface area contributed by atoms with E-state index in [1.54, 1.807) is 12.1 Å². The van der Waals surface area contributed by atoms with Crippen molar-refractivity contribution in [3.63, 3.8) is 0 Å². The number of hydrogen-bond donors (Lipinski definition) is 1. The predicted molar refractivity (Wildman–Crippen MR) is 119 cm³/mol. The second-order valence-corrected chi connectivity index (χ2v) is 7.81. The van der Waals surface area contributed by atoms with Crippen LogP contribution in [0.25, 0.3) is 11.0 Å². The molecule has 29 heavy (non-hydrogen) atoms. The lowest BCUT2D eigenvalue weighted by Gasteiger charge is -2.35. The summed E-state index contributed by atoms with van der Waals surface area (Å²) in [5, 5.41) is 3.59. The molecular weight excluding hydrogens is 386 g/mol. The molecule has 3 aromatic rings. The van der Waals surface area contributed by atoms with Crippen LogP contribution in [0.5, 0.6) is 0 Å². The molecule has 6 nitrogen and oxygen atoms in total. The highest BCUT2D eigenvalue weighted by Gasteiger charge is 2.23. The molecule has 0 unspecified atom stereocenters. The number of carbonyl (C=O) groups excluding carboxylic acids is 1. The van der Waals surface area contributed by atoms with Gasteiger partial charge in [-0.1, -0.05) is 30.7 Å². The number of piperazine rings is 1. The number of carbonyl (C=O) groups is 1. The molecule has 0 aliphatic carbocycles. The average molecular weight is 412 g/mol. The van der Waals surface area contributed by atoms with Crippen LogP contribution in [0.3, 0.4) is 0 Å². The molecule has 1 fully saturated rings. The Balaban J connectivity index is 1.37. The number of hydrogen-bond acceptors (Lipinski definition) is 4. The number of imidazole rings is 1. The number of rotatable bonds is 6. The van der Waals surface area contributed by atoms with Crippen molar-refractivity contribution in [2.45, 2.75) is 19.9 Å². The summed E-state index contributed by atoms with van der Waals surface area (Å²) in [6, 6.07) is 15.5. The van der Waals surface area contributed by atoms with Gasteiger partial charge in [0.15, 0.2) is 0 Å². The number of nitrogens with zero attached hydrogens (tertiary/aromatic N) is 4. The van der Waals surface area contributed by atoms with Gasteiger partial charge >= 0.3 is 0 Å². The predicted octanol–water partition coefficient (Wildman–Crippen LogP) is 3.86. The highest BCUT2D eigenvalue weighted by Crippen LogP contribution is 2.24. The van der Waals surface area contributed by atoms with Crippen LogP contribution < -0.4 is 10.2 Å². The van der Waals surface area contributed by atoms with Gasteiger partial charge in [0.2, 0.25) is 11.9 Å². The third-order valence-corrected chi connectivity index (χ3v) is 5.48.